The minimum absolute atomic E-state index is 0.116. The largest absolute Gasteiger partial charge is 0.370 e. The van der Waals surface area contributed by atoms with Crippen LogP contribution in [-0.2, 0) is 6.54 Å². The van der Waals surface area contributed by atoms with Crippen molar-refractivity contribution < 1.29 is 4.79 Å². The smallest absolute Gasteiger partial charge is 0.251 e. The summed E-state index contributed by atoms with van der Waals surface area (Å²) in [5.74, 6) is 0.604. The Morgan fingerprint density at radius 1 is 1.35 bits per heavy atom. The second kappa shape index (κ2) is 6.18. The third kappa shape index (κ3) is 3.34. The first-order chi connectivity index (χ1) is 9.60. The van der Waals surface area contributed by atoms with E-state index in [1.165, 1.54) is 0 Å². The molecule has 0 radical (unpaired) electrons. The summed E-state index contributed by atoms with van der Waals surface area (Å²) in [4.78, 5) is 16.5. The molecule has 0 bridgehead atoms. The lowest BCUT2D eigenvalue weighted by atomic mass is 10.2. The van der Waals surface area contributed by atoms with Crippen LogP contribution in [0.2, 0.25) is 0 Å². The zero-order valence-corrected chi connectivity index (χ0v) is 11.9. The summed E-state index contributed by atoms with van der Waals surface area (Å²) in [7, 11) is 0. The number of aromatic nitrogens is 3. The van der Waals surface area contributed by atoms with Gasteiger partial charge in [0.2, 0.25) is 0 Å². The van der Waals surface area contributed by atoms with Crippen LogP contribution < -0.4 is 10.6 Å². The molecule has 0 aliphatic rings. The number of rotatable bonds is 5. The number of amides is 1. The Hall–Kier alpha value is -2.37. The molecule has 6 heteroatoms. The maximum Gasteiger partial charge on any atom is 0.251 e. The molecule has 2 rings (SSSR count). The number of anilines is 1. The van der Waals surface area contributed by atoms with Gasteiger partial charge in [0, 0.05) is 35.6 Å². The number of hydrogen-bond acceptors (Lipinski definition) is 4. The Morgan fingerprint density at radius 2 is 2.15 bits per heavy atom. The maximum absolute atomic E-state index is 12.2. The van der Waals surface area contributed by atoms with E-state index in [1.807, 2.05) is 20.8 Å². The van der Waals surface area contributed by atoms with Crippen molar-refractivity contribution in [1.29, 1.82) is 0 Å². The molecule has 20 heavy (non-hydrogen) atoms. The zero-order valence-electron chi connectivity index (χ0n) is 11.9. The Labute approximate surface area is 118 Å². The number of nitrogens with zero attached hydrogens (tertiary/aromatic N) is 2. The van der Waals surface area contributed by atoms with Crippen molar-refractivity contribution >= 4 is 11.7 Å². The second-order valence-corrected chi connectivity index (χ2v) is 4.62. The SMILES string of the molecule is CCNc1cc(C(=O)NCc2cn[nH]c2C)cc(C)n1. The normalized spacial score (nSPS) is 10.3. The van der Waals surface area contributed by atoms with Crippen LogP contribution in [-0.4, -0.2) is 27.6 Å². The first-order valence-electron chi connectivity index (χ1n) is 6.59. The van der Waals surface area contributed by atoms with E-state index in [0.29, 0.717) is 12.1 Å². The number of carbonyl (C=O) groups is 1. The van der Waals surface area contributed by atoms with Crippen LogP contribution in [0.5, 0.6) is 0 Å². The summed E-state index contributed by atoms with van der Waals surface area (Å²) in [6, 6.07) is 3.53. The molecule has 106 valence electrons. The first-order valence-corrected chi connectivity index (χ1v) is 6.59. The van der Waals surface area contributed by atoms with E-state index in [0.717, 1.165) is 29.3 Å². The molecule has 0 aliphatic heterocycles. The summed E-state index contributed by atoms with van der Waals surface area (Å²) in [6.45, 7) is 7.02. The average Bonchev–Trinajstić information content (AvgIpc) is 2.81. The molecule has 0 unspecified atom stereocenters. The van der Waals surface area contributed by atoms with Gasteiger partial charge in [-0.3, -0.25) is 9.89 Å². The fraction of sp³-hybridized carbons (Fsp3) is 0.357. The van der Waals surface area contributed by atoms with Crippen molar-refractivity contribution in [3.8, 4) is 0 Å². The van der Waals surface area contributed by atoms with E-state index in [2.05, 4.69) is 25.8 Å². The van der Waals surface area contributed by atoms with Crippen molar-refractivity contribution in [2.75, 3.05) is 11.9 Å². The van der Waals surface area contributed by atoms with Gasteiger partial charge in [-0.1, -0.05) is 0 Å². The molecule has 0 saturated carbocycles. The van der Waals surface area contributed by atoms with E-state index < -0.39 is 0 Å². The van der Waals surface area contributed by atoms with E-state index in [4.69, 9.17) is 0 Å². The predicted octanol–water partition coefficient (Wildman–Crippen LogP) is 1.78. The van der Waals surface area contributed by atoms with Crippen LogP contribution in [0.1, 0.15) is 34.2 Å². The Morgan fingerprint density at radius 3 is 2.80 bits per heavy atom. The Kier molecular flexibility index (Phi) is 4.34. The van der Waals surface area contributed by atoms with Gasteiger partial charge in [-0.15, -0.1) is 0 Å². The number of aromatic amines is 1. The van der Waals surface area contributed by atoms with Gasteiger partial charge in [-0.2, -0.15) is 5.10 Å². The summed E-state index contributed by atoms with van der Waals surface area (Å²) in [6.07, 6.45) is 1.72. The van der Waals surface area contributed by atoms with E-state index >= 15 is 0 Å². The lowest BCUT2D eigenvalue weighted by Crippen LogP contribution is -2.23. The van der Waals surface area contributed by atoms with Crippen molar-refractivity contribution in [3.05, 3.63) is 40.8 Å². The molecule has 2 heterocycles. The van der Waals surface area contributed by atoms with Gasteiger partial charge in [0.25, 0.3) is 5.91 Å². The summed E-state index contributed by atoms with van der Waals surface area (Å²) < 4.78 is 0. The molecular formula is C14H19N5O. The van der Waals surface area contributed by atoms with E-state index in [-0.39, 0.29) is 5.91 Å². The number of pyridine rings is 1. The lowest BCUT2D eigenvalue weighted by Gasteiger charge is -2.08. The van der Waals surface area contributed by atoms with Crippen molar-refractivity contribution in [2.45, 2.75) is 27.3 Å². The molecule has 0 saturated heterocycles. The maximum atomic E-state index is 12.2. The number of carbonyl (C=O) groups excluding carboxylic acids is 1. The number of aryl methyl sites for hydroxylation is 2. The van der Waals surface area contributed by atoms with Crippen LogP contribution in [0.3, 0.4) is 0 Å². The quantitative estimate of drug-likeness (QED) is 0.775. The summed E-state index contributed by atoms with van der Waals surface area (Å²) in [5, 5.41) is 12.8. The highest BCUT2D eigenvalue weighted by molar-refractivity contribution is 5.94. The lowest BCUT2D eigenvalue weighted by molar-refractivity contribution is 0.0950. The van der Waals surface area contributed by atoms with Gasteiger partial charge in [0.15, 0.2) is 0 Å². The highest BCUT2D eigenvalue weighted by Crippen LogP contribution is 2.10. The molecule has 0 spiro atoms. The molecular weight excluding hydrogens is 254 g/mol. The van der Waals surface area contributed by atoms with Gasteiger partial charge < -0.3 is 10.6 Å². The fourth-order valence-electron chi connectivity index (χ4n) is 1.90. The second-order valence-electron chi connectivity index (χ2n) is 4.62. The Balaban J connectivity index is 2.07. The van der Waals surface area contributed by atoms with Crippen LogP contribution in [0.15, 0.2) is 18.3 Å². The van der Waals surface area contributed by atoms with Crippen molar-refractivity contribution in [1.82, 2.24) is 20.5 Å². The third-order valence-electron chi connectivity index (χ3n) is 2.95. The highest BCUT2D eigenvalue weighted by Gasteiger charge is 2.09. The van der Waals surface area contributed by atoms with Gasteiger partial charge in [0.05, 0.1) is 6.20 Å². The number of nitrogens with one attached hydrogen (secondary N) is 3. The van der Waals surface area contributed by atoms with Gasteiger partial charge in [0.1, 0.15) is 5.82 Å². The van der Waals surface area contributed by atoms with Crippen LogP contribution in [0.25, 0.3) is 0 Å². The molecule has 0 fully saturated rings. The Bertz CT molecular complexity index is 605. The summed E-state index contributed by atoms with van der Waals surface area (Å²) >= 11 is 0. The molecule has 6 nitrogen and oxygen atoms in total. The molecule has 1 amide bonds. The van der Waals surface area contributed by atoms with Gasteiger partial charge in [-0.25, -0.2) is 4.98 Å². The highest BCUT2D eigenvalue weighted by atomic mass is 16.1. The predicted molar refractivity (Wildman–Crippen MR) is 77.6 cm³/mol. The van der Waals surface area contributed by atoms with Crippen LogP contribution >= 0.6 is 0 Å². The standard InChI is InChI=1S/C14H19N5O/c1-4-15-13-6-11(5-9(2)18-13)14(20)16-7-12-8-17-19-10(12)3/h5-6,8H,4,7H2,1-3H3,(H,15,18)(H,16,20)(H,17,19). The van der Waals surface area contributed by atoms with Crippen LogP contribution in [0, 0.1) is 13.8 Å². The minimum Gasteiger partial charge on any atom is -0.370 e. The monoisotopic (exact) mass is 273 g/mol. The summed E-state index contributed by atoms with van der Waals surface area (Å²) in [5.41, 5.74) is 3.36. The molecule has 0 atom stereocenters. The molecule has 0 aromatic carbocycles. The van der Waals surface area contributed by atoms with Gasteiger partial charge in [-0.05, 0) is 32.9 Å². The van der Waals surface area contributed by atoms with E-state index in [1.54, 1.807) is 18.3 Å². The van der Waals surface area contributed by atoms with Crippen molar-refractivity contribution in [3.63, 3.8) is 0 Å². The topological polar surface area (TPSA) is 82.7 Å². The number of H-pyrrole nitrogens is 1. The third-order valence-corrected chi connectivity index (χ3v) is 2.95. The molecule has 2 aromatic heterocycles. The first kappa shape index (κ1) is 14.0. The molecule has 0 aliphatic carbocycles. The van der Waals surface area contributed by atoms with E-state index in [9.17, 15) is 4.79 Å². The molecule has 3 N–H and O–H groups in total. The minimum atomic E-state index is -0.116. The fourth-order valence-corrected chi connectivity index (χ4v) is 1.90. The molecule has 2 aromatic rings. The zero-order chi connectivity index (χ0) is 14.5. The van der Waals surface area contributed by atoms with Crippen molar-refractivity contribution in [2.24, 2.45) is 0 Å². The average molecular weight is 273 g/mol. The number of hydrogen-bond donors (Lipinski definition) is 3. The van der Waals surface area contributed by atoms with Crippen LogP contribution in [0.4, 0.5) is 5.82 Å². The van der Waals surface area contributed by atoms with Gasteiger partial charge >= 0.3 is 0 Å².